The molecule has 2 heterocycles. The van der Waals surface area contributed by atoms with E-state index in [0.29, 0.717) is 29.9 Å². The van der Waals surface area contributed by atoms with Crippen LogP contribution in [0.15, 0.2) is 48.4 Å². The lowest BCUT2D eigenvalue weighted by Gasteiger charge is -2.37. The number of aliphatic hydroxyl groups excluding tert-OH is 4. The van der Waals surface area contributed by atoms with Crippen LogP contribution < -0.4 is 10.1 Å². The molecular formula is C21H22ClNO6. The molecule has 2 aliphatic rings. The molecule has 0 unspecified atom stereocenters. The van der Waals surface area contributed by atoms with Crippen molar-refractivity contribution < 1.29 is 29.9 Å². The first-order valence-corrected chi connectivity index (χ1v) is 9.69. The average Bonchev–Trinajstić information content (AvgIpc) is 2.74. The maximum absolute atomic E-state index is 10.4. The summed E-state index contributed by atoms with van der Waals surface area (Å²) < 4.78 is 11.1. The van der Waals surface area contributed by atoms with Crippen molar-refractivity contribution in [3.8, 4) is 5.75 Å². The topological polar surface area (TPSA) is 111 Å². The normalized spacial score (nSPS) is 27.5. The summed E-state index contributed by atoms with van der Waals surface area (Å²) in [6.45, 7) is 1.38. The van der Waals surface area contributed by atoms with Crippen LogP contribution in [0.25, 0.3) is 0 Å². The van der Waals surface area contributed by atoms with Crippen LogP contribution in [0.2, 0.25) is 5.02 Å². The van der Waals surface area contributed by atoms with E-state index in [4.69, 9.17) is 21.1 Å². The van der Waals surface area contributed by atoms with E-state index < -0.39 is 24.4 Å². The fraction of sp³-hybridized carbons (Fsp3) is 0.333. The second-order valence-electron chi connectivity index (χ2n) is 7.13. The Balaban J connectivity index is 1.61. The van der Waals surface area contributed by atoms with Crippen molar-refractivity contribution in [3.63, 3.8) is 0 Å². The molecule has 29 heavy (non-hydrogen) atoms. The second kappa shape index (κ2) is 8.12. The molecule has 0 radical (unpaired) electrons. The van der Waals surface area contributed by atoms with Crippen molar-refractivity contribution in [2.45, 2.75) is 30.8 Å². The molecule has 0 aliphatic carbocycles. The van der Waals surface area contributed by atoms with Crippen LogP contribution in [-0.2, 0) is 11.2 Å². The van der Waals surface area contributed by atoms with Gasteiger partial charge in [0, 0.05) is 11.6 Å². The molecule has 2 aromatic rings. The molecule has 4 rings (SSSR count). The molecular weight excluding hydrogens is 398 g/mol. The number of aliphatic hydroxyl groups is 4. The van der Waals surface area contributed by atoms with E-state index in [0.717, 1.165) is 29.1 Å². The maximum atomic E-state index is 10.4. The lowest BCUT2D eigenvalue weighted by atomic mass is 9.91. The SMILES string of the molecule is O/C=C1/O[C@@H](c2ccc(Cl)c(Cc3ccc4c(c3)NCCO4)c2)[C@H](O)[C@@H](O)[C@@H]1O. The third kappa shape index (κ3) is 3.86. The molecule has 2 aromatic carbocycles. The summed E-state index contributed by atoms with van der Waals surface area (Å²) in [6, 6.07) is 11.1. The molecule has 4 atom stereocenters. The average molecular weight is 420 g/mol. The molecule has 0 aromatic heterocycles. The van der Waals surface area contributed by atoms with E-state index in [-0.39, 0.29) is 5.76 Å². The third-order valence-electron chi connectivity index (χ3n) is 5.18. The first-order chi connectivity index (χ1) is 14.0. The van der Waals surface area contributed by atoms with Gasteiger partial charge in [-0.1, -0.05) is 29.8 Å². The van der Waals surface area contributed by atoms with E-state index in [1.807, 2.05) is 18.2 Å². The quantitative estimate of drug-likeness (QED) is 0.485. The van der Waals surface area contributed by atoms with Crippen molar-refractivity contribution in [1.82, 2.24) is 0 Å². The van der Waals surface area contributed by atoms with Crippen LogP contribution >= 0.6 is 11.6 Å². The zero-order chi connectivity index (χ0) is 20.5. The molecule has 8 heteroatoms. The Hall–Kier alpha value is -2.45. The van der Waals surface area contributed by atoms with Crippen molar-refractivity contribution in [2.75, 3.05) is 18.5 Å². The summed E-state index contributed by atoms with van der Waals surface area (Å²) in [4.78, 5) is 0. The minimum atomic E-state index is -1.50. The molecule has 7 nitrogen and oxygen atoms in total. The standard InChI is InChI=1S/C21H22ClNO6/c22-14-3-2-12(21-20(27)19(26)18(25)17(10-24)29-21)9-13(14)7-11-1-4-16-15(8-11)23-5-6-28-16/h1-4,8-10,18-21,23-27H,5-7H2/b17-10+/t18-,19+,20-,21+/m1/s1. The number of hydrogen-bond donors (Lipinski definition) is 5. The Labute approximate surface area is 172 Å². The summed E-state index contributed by atoms with van der Waals surface area (Å²) >= 11 is 6.39. The van der Waals surface area contributed by atoms with Gasteiger partial charge in [0.25, 0.3) is 0 Å². The Kier molecular flexibility index (Phi) is 5.56. The minimum absolute atomic E-state index is 0.204. The Morgan fingerprint density at radius 1 is 1.10 bits per heavy atom. The van der Waals surface area contributed by atoms with E-state index in [1.165, 1.54) is 0 Å². The number of nitrogens with one attached hydrogen (secondary N) is 1. The van der Waals surface area contributed by atoms with Crippen LogP contribution in [0.1, 0.15) is 22.8 Å². The number of ether oxygens (including phenoxy) is 2. The number of benzene rings is 2. The fourth-order valence-electron chi connectivity index (χ4n) is 3.62. The molecule has 0 bridgehead atoms. The number of halogens is 1. The largest absolute Gasteiger partial charge is 0.512 e. The Morgan fingerprint density at radius 3 is 2.72 bits per heavy atom. The monoisotopic (exact) mass is 419 g/mol. The number of hydrogen-bond acceptors (Lipinski definition) is 7. The Morgan fingerprint density at radius 2 is 1.93 bits per heavy atom. The van der Waals surface area contributed by atoms with Crippen molar-refractivity contribution in [3.05, 3.63) is 70.1 Å². The van der Waals surface area contributed by atoms with Crippen LogP contribution in [0.5, 0.6) is 5.75 Å². The van der Waals surface area contributed by atoms with Gasteiger partial charge in [-0.05, 0) is 41.3 Å². The summed E-state index contributed by atoms with van der Waals surface area (Å²) in [5, 5.41) is 43.4. The van der Waals surface area contributed by atoms with E-state index >= 15 is 0 Å². The summed E-state index contributed by atoms with van der Waals surface area (Å²) in [7, 11) is 0. The molecule has 154 valence electrons. The second-order valence-corrected chi connectivity index (χ2v) is 7.54. The highest BCUT2D eigenvalue weighted by Gasteiger charge is 2.42. The van der Waals surface area contributed by atoms with E-state index in [2.05, 4.69) is 5.32 Å². The molecule has 1 saturated heterocycles. The smallest absolute Gasteiger partial charge is 0.162 e. The van der Waals surface area contributed by atoms with E-state index in [9.17, 15) is 20.4 Å². The number of fused-ring (bicyclic) bond motifs is 1. The van der Waals surface area contributed by atoms with Crippen molar-refractivity contribution >= 4 is 17.3 Å². The molecule has 5 N–H and O–H groups in total. The molecule has 0 saturated carbocycles. The van der Waals surface area contributed by atoms with Gasteiger partial charge in [-0.2, -0.15) is 0 Å². The summed E-state index contributed by atoms with van der Waals surface area (Å²) in [6.07, 6.45) is -4.18. The predicted molar refractivity (Wildman–Crippen MR) is 107 cm³/mol. The Bertz CT molecular complexity index is 933. The van der Waals surface area contributed by atoms with E-state index in [1.54, 1.807) is 18.2 Å². The van der Waals surface area contributed by atoms with Gasteiger partial charge in [-0.15, -0.1) is 0 Å². The van der Waals surface area contributed by atoms with Crippen molar-refractivity contribution in [2.24, 2.45) is 0 Å². The van der Waals surface area contributed by atoms with Gasteiger partial charge >= 0.3 is 0 Å². The zero-order valence-corrected chi connectivity index (χ0v) is 16.2. The summed E-state index contributed by atoms with van der Waals surface area (Å²) in [5.74, 6) is 0.611. The predicted octanol–water partition coefficient (Wildman–Crippen LogP) is 2.29. The first-order valence-electron chi connectivity index (χ1n) is 9.31. The van der Waals surface area contributed by atoms with Crippen LogP contribution in [0.3, 0.4) is 0 Å². The summed E-state index contributed by atoms with van der Waals surface area (Å²) in [5.41, 5.74) is 3.34. The highest BCUT2D eigenvalue weighted by atomic mass is 35.5. The van der Waals surface area contributed by atoms with Crippen LogP contribution in [0.4, 0.5) is 5.69 Å². The molecule has 0 spiro atoms. The van der Waals surface area contributed by atoms with Crippen LogP contribution in [-0.4, -0.2) is 51.9 Å². The molecule has 0 amide bonds. The maximum Gasteiger partial charge on any atom is 0.162 e. The number of anilines is 1. The number of rotatable bonds is 3. The zero-order valence-electron chi connectivity index (χ0n) is 15.5. The third-order valence-corrected chi connectivity index (χ3v) is 5.55. The van der Waals surface area contributed by atoms with Gasteiger partial charge in [0.1, 0.15) is 36.9 Å². The van der Waals surface area contributed by atoms with Gasteiger partial charge in [0.2, 0.25) is 0 Å². The van der Waals surface area contributed by atoms with Gasteiger partial charge in [-0.3, -0.25) is 0 Å². The highest BCUT2D eigenvalue weighted by molar-refractivity contribution is 6.31. The molecule has 1 fully saturated rings. The highest BCUT2D eigenvalue weighted by Crippen LogP contribution is 2.36. The van der Waals surface area contributed by atoms with Gasteiger partial charge in [-0.25, -0.2) is 0 Å². The van der Waals surface area contributed by atoms with Gasteiger partial charge in [0.15, 0.2) is 11.9 Å². The lowest BCUT2D eigenvalue weighted by molar-refractivity contribution is -0.159. The molecule has 2 aliphatic heterocycles. The van der Waals surface area contributed by atoms with Crippen LogP contribution in [0, 0.1) is 0 Å². The first kappa shape index (κ1) is 19.8. The lowest BCUT2D eigenvalue weighted by Crippen LogP contribution is -2.47. The van der Waals surface area contributed by atoms with Gasteiger partial charge < -0.3 is 35.2 Å². The fourth-order valence-corrected chi connectivity index (χ4v) is 3.80. The van der Waals surface area contributed by atoms with Gasteiger partial charge in [0.05, 0.1) is 5.69 Å². The minimum Gasteiger partial charge on any atom is -0.512 e. The van der Waals surface area contributed by atoms with Crippen molar-refractivity contribution in [1.29, 1.82) is 0 Å².